The molecule has 4 rings (SSSR count). The molecule has 3 aromatic rings. The summed E-state index contributed by atoms with van der Waals surface area (Å²) in [5, 5.41) is 4.01. The van der Waals surface area contributed by atoms with Crippen molar-refractivity contribution in [3.05, 3.63) is 42.7 Å². The van der Waals surface area contributed by atoms with E-state index >= 15 is 0 Å². The van der Waals surface area contributed by atoms with E-state index in [2.05, 4.69) is 15.1 Å². The molecule has 3 heterocycles. The summed E-state index contributed by atoms with van der Waals surface area (Å²) in [5.74, 6) is 1.80. The highest BCUT2D eigenvalue weighted by molar-refractivity contribution is 7.89. The van der Waals surface area contributed by atoms with Crippen LogP contribution < -0.4 is 4.74 Å². The molecule has 0 saturated carbocycles. The molecule has 1 aromatic carbocycles. The quantitative estimate of drug-likeness (QED) is 0.619. The third-order valence-electron chi connectivity index (χ3n) is 4.58. The van der Waals surface area contributed by atoms with Gasteiger partial charge in [-0.3, -0.25) is 0 Å². The zero-order valence-electron chi connectivity index (χ0n) is 15.6. The van der Waals surface area contributed by atoms with E-state index in [9.17, 15) is 8.42 Å². The lowest BCUT2D eigenvalue weighted by Gasteiger charge is -2.16. The average Bonchev–Trinajstić information content (AvgIpc) is 3.43. The van der Waals surface area contributed by atoms with Gasteiger partial charge in [0.1, 0.15) is 11.9 Å². The van der Waals surface area contributed by atoms with Gasteiger partial charge in [0.15, 0.2) is 5.03 Å². The first-order chi connectivity index (χ1) is 13.5. The van der Waals surface area contributed by atoms with Gasteiger partial charge in [0.05, 0.1) is 12.9 Å². The summed E-state index contributed by atoms with van der Waals surface area (Å²) in [6, 6.07) is 7.37. The van der Waals surface area contributed by atoms with Gasteiger partial charge in [-0.25, -0.2) is 13.4 Å². The van der Waals surface area contributed by atoms with Gasteiger partial charge in [-0.2, -0.15) is 9.29 Å². The molecule has 10 heteroatoms. The van der Waals surface area contributed by atoms with Gasteiger partial charge in [-0.15, -0.1) is 0 Å². The Morgan fingerprint density at radius 2 is 2.07 bits per heavy atom. The van der Waals surface area contributed by atoms with Crippen molar-refractivity contribution in [2.75, 3.05) is 13.1 Å². The second-order valence-electron chi connectivity index (χ2n) is 6.66. The van der Waals surface area contributed by atoms with Crippen LogP contribution in [-0.4, -0.2) is 51.6 Å². The van der Waals surface area contributed by atoms with Gasteiger partial charge in [-0.05, 0) is 30.7 Å². The Labute approximate surface area is 163 Å². The average molecular weight is 403 g/mol. The third kappa shape index (κ3) is 3.65. The lowest BCUT2D eigenvalue weighted by atomic mass is 10.2. The molecular formula is C18H21N5O4S. The molecule has 148 valence electrons. The molecule has 28 heavy (non-hydrogen) atoms. The normalized spacial score (nSPS) is 17.9. The highest BCUT2D eigenvalue weighted by Crippen LogP contribution is 2.25. The van der Waals surface area contributed by atoms with E-state index in [1.165, 1.54) is 16.8 Å². The van der Waals surface area contributed by atoms with Crippen LogP contribution in [0.4, 0.5) is 0 Å². The van der Waals surface area contributed by atoms with Gasteiger partial charge >= 0.3 is 0 Å². The fourth-order valence-electron chi connectivity index (χ4n) is 3.06. The third-order valence-corrected chi connectivity index (χ3v) is 6.33. The number of ether oxygens (including phenoxy) is 1. The summed E-state index contributed by atoms with van der Waals surface area (Å²) in [6.07, 6.45) is 4.09. The van der Waals surface area contributed by atoms with E-state index in [1.54, 1.807) is 11.6 Å². The van der Waals surface area contributed by atoms with E-state index in [-0.39, 0.29) is 11.1 Å². The summed E-state index contributed by atoms with van der Waals surface area (Å²) in [5.41, 5.74) is 0.835. The second-order valence-corrected chi connectivity index (χ2v) is 8.54. The van der Waals surface area contributed by atoms with Crippen LogP contribution in [0.3, 0.4) is 0 Å². The molecule has 0 N–H and O–H groups in total. The Morgan fingerprint density at radius 3 is 2.71 bits per heavy atom. The van der Waals surface area contributed by atoms with Crippen LogP contribution in [0.5, 0.6) is 5.75 Å². The minimum atomic E-state index is -3.59. The van der Waals surface area contributed by atoms with Gasteiger partial charge in [0.25, 0.3) is 10.0 Å². The standard InChI is InChI=1S/C18H21N5O4S/c1-3-16-20-18(21-27-16)13-4-6-14(7-5-13)26-15-8-9-23(10-15)28(24,25)17-11-22(2)12-19-17/h4-7,11-12,15H,3,8-10H2,1-2H3. The topological polar surface area (TPSA) is 103 Å². The molecule has 0 aliphatic carbocycles. The van der Waals surface area contributed by atoms with Crippen molar-refractivity contribution in [3.8, 4) is 17.1 Å². The van der Waals surface area contributed by atoms with E-state index in [4.69, 9.17) is 9.26 Å². The SMILES string of the molecule is CCc1nc(-c2ccc(OC3CCN(S(=O)(=O)c4cn(C)cn4)C3)cc2)no1. The number of imidazole rings is 1. The summed E-state index contributed by atoms with van der Waals surface area (Å²) < 4.78 is 39.4. The van der Waals surface area contributed by atoms with Crippen molar-refractivity contribution in [1.82, 2.24) is 24.0 Å². The Balaban J connectivity index is 1.40. The first-order valence-corrected chi connectivity index (χ1v) is 10.5. The fraction of sp³-hybridized carbons (Fsp3) is 0.389. The summed E-state index contributed by atoms with van der Waals surface area (Å²) in [6.45, 7) is 2.66. The predicted octanol–water partition coefficient (Wildman–Crippen LogP) is 1.87. The first-order valence-electron chi connectivity index (χ1n) is 9.03. The fourth-order valence-corrected chi connectivity index (χ4v) is 4.51. The molecular weight excluding hydrogens is 382 g/mol. The van der Waals surface area contributed by atoms with Gasteiger partial charge in [0, 0.05) is 31.8 Å². The van der Waals surface area contributed by atoms with Crippen LogP contribution in [0.1, 0.15) is 19.2 Å². The van der Waals surface area contributed by atoms with E-state index in [1.807, 2.05) is 31.2 Å². The van der Waals surface area contributed by atoms with Crippen molar-refractivity contribution in [3.63, 3.8) is 0 Å². The number of hydrogen-bond donors (Lipinski definition) is 0. The number of benzene rings is 1. The maximum Gasteiger partial charge on any atom is 0.262 e. The molecule has 1 fully saturated rings. The van der Waals surface area contributed by atoms with Crippen LogP contribution in [-0.2, 0) is 23.5 Å². The maximum atomic E-state index is 12.6. The zero-order chi connectivity index (χ0) is 19.7. The number of aromatic nitrogens is 4. The van der Waals surface area contributed by atoms with Crippen LogP contribution in [0.25, 0.3) is 11.4 Å². The molecule has 0 spiro atoms. The molecule has 9 nitrogen and oxygen atoms in total. The van der Waals surface area contributed by atoms with Gasteiger partial charge < -0.3 is 13.8 Å². The molecule has 1 aliphatic rings. The number of hydrogen-bond acceptors (Lipinski definition) is 7. The summed E-state index contributed by atoms with van der Waals surface area (Å²) in [4.78, 5) is 8.26. The molecule has 0 amide bonds. The molecule has 0 bridgehead atoms. The van der Waals surface area contributed by atoms with Crippen molar-refractivity contribution < 1.29 is 17.7 Å². The Kier molecular flexibility index (Phi) is 4.90. The Bertz CT molecular complexity index is 1060. The highest BCUT2D eigenvalue weighted by atomic mass is 32.2. The van der Waals surface area contributed by atoms with Crippen molar-refractivity contribution >= 4 is 10.0 Å². The van der Waals surface area contributed by atoms with Crippen LogP contribution in [0, 0.1) is 0 Å². The zero-order valence-corrected chi connectivity index (χ0v) is 16.5. The predicted molar refractivity (Wildman–Crippen MR) is 100 cm³/mol. The highest BCUT2D eigenvalue weighted by Gasteiger charge is 2.34. The van der Waals surface area contributed by atoms with E-state index < -0.39 is 10.0 Å². The number of sulfonamides is 1. The molecule has 1 atom stereocenters. The summed E-state index contributed by atoms with van der Waals surface area (Å²) >= 11 is 0. The minimum Gasteiger partial charge on any atom is -0.489 e. The number of aryl methyl sites for hydroxylation is 2. The molecule has 1 saturated heterocycles. The van der Waals surface area contributed by atoms with Crippen LogP contribution in [0.2, 0.25) is 0 Å². The van der Waals surface area contributed by atoms with Gasteiger partial charge in [-0.1, -0.05) is 12.1 Å². The van der Waals surface area contributed by atoms with Crippen molar-refractivity contribution in [2.45, 2.75) is 30.9 Å². The Morgan fingerprint density at radius 1 is 1.29 bits per heavy atom. The van der Waals surface area contributed by atoms with E-state index in [0.717, 1.165) is 5.56 Å². The number of nitrogens with zero attached hydrogens (tertiary/aromatic N) is 5. The second kappa shape index (κ2) is 7.36. The van der Waals surface area contributed by atoms with Crippen LogP contribution in [0.15, 0.2) is 46.3 Å². The van der Waals surface area contributed by atoms with E-state index in [0.29, 0.717) is 43.4 Å². The summed E-state index contributed by atoms with van der Waals surface area (Å²) in [7, 11) is -1.85. The molecule has 0 radical (unpaired) electrons. The van der Waals surface area contributed by atoms with Crippen molar-refractivity contribution in [1.29, 1.82) is 0 Å². The maximum absolute atomic E-state index is 12.6. The lowest BCUT2D eigenvalue weighted by molar-refractivity contribution is 0.215. The van der Waals surface area contributed by atoms with Gasteiger partial charge in [0.2, 0.25) is 11.7 Å². The lowest BCUT2D eigenvalue weighted by Crippen LogP contribution is -2.31. The van der Waals surface area contributed by atoms with Crippen LogP contribution >= 0.6 is 0 Å². The molecule has 1 unspecified atom stereocenters. The minimum absolute atomic E-state index is 0.0616. The molecule has 2 aromatic heterocycles. The van der Waals surface area contributed by atoms with Crippen molar-refractivity contribution in [2.24, 2.45) is 7.05 Å². The number of rotatable bonds is 6. The smallest absolute Gasteiger partial charge is 0.262 e. The largest absolute Gasteiger partial charge is 0.489 e. The Hall–Kier alpha value is -2.72. The molecule has 1 aliphatic heterocycles. The first kappa shape index (κ1) is 18.6. The monoisotopic (exact) mass is 403 g/mol.